The van der Waals surface area contributed by atoms with Crippen LogP contribution in [0.25, 0.3) is 0 Å². The van der Waals surface area contributed by atoms with Crippen LogP contribution in [0.15, 0.2) is 6.07 Å². The molecule has 1 atom stereocenters. The van der Waals surface area contributed by atoms with Crippen molar-refractivity contribution in [3.63, 3.8) is 0 Å². The molecular formula is C13H18FNO3. The predicted octanol–water partition coefficient (Wildman–Crippen LogP) is 1.79. The van der Waals surface area contributed by atoms with Crippen molar-refractivity contribution in [2.24, 2.45) is 5.92 Å². The molecule has 4 nitrogen and oxygen atoms in total. The number of phenols is 2. The molecule has 0 spiro atoms. The Kier molecular flexibility index (Phi) is 3.91. The average Bonchev–Trinajstić information content (AvgIpc) is 2.40. The lowest BCUT2D eigenvalue weighted by Gasteiger charge is -2.23. The van der Waals surface area contributed by atoms with Crippen molar-refractivity contribution >= 4 is 0 Å². The van der Waals surface area contributed by atoms with Gasteiger partial charge in [-0.15, -0.1) is 0 Å². The van der Waals surface area contributed by atoms with Gasteiger partial charge in [0.1, 0.15) is 0 Å². The smallest absolute Gasteiger partial charge is 0.172 e. The first-order chi connectivity index (χ1) is 8.63. The quantitative estimate of drug-likeness (QED) is 0.721. The molecule has 2 rings (SSSR count). The zero-order valence-electron chi connectivity index (χ0n) is 10.4. The lowest BCUT2D eigenvalue weighted by Crippen LogP contribution is -2.31. The molecule has 1 heterocycles. The maximum absolute atomic E-state index is 14.1. The van der Waals surface area contributed by atoms with E-state index in [4.69, 9.17) is 4.74 Å². The first-order valence-electron chi connectivity index (χ1n) is 6.11. The fourth-order valence-electron chi connectivity index (χ4n) is 2.38. The van der Waals surface area contributed by atoms with Crippen LogP contribution in [-0.2, 0) is 6.42 Å². The highest BCUT2D eigenvalue weighted by Gasteiger charge is 2.22. The summed E-state index contributed by atoms with van der Waals surface area (Å²) >= 11 is 0. The first-order valence-corrected chi connectivity index (χ1v) is 6.11. The summed E-state index contributed by atoms with van der Waals surface area (Å²) in [7, 11) is 1.33. The molecule has 1 unspecified atom stereocenters. The maximum atomic E-state index is 14.1. The number of aromatic hydroxyl groups is 2. The number of ether oxygens (including phenoxy) is 1. The average molecular weight is 255 g/mol. The van der Waals surface area contributed by atoms with Crippen molar-refractivity contribution in [3.05, 3.63) is 17.4 Å². The minimum Gasteiger partial charge on any atom is -0.504 e. The summed E-state index contributed by atoms with van der Waals surface area (Å²) in [5, 5.41) is 22.6. The molecule has 0 saturated carbocycles. The highest BCUT2D eigenvalue weighted by atomic mass is 19.1. The van der Waals surface area contributed by atoms with E-state index in [1.165, 1.54) is 7.11 Å². The van der Waals surface area contributed by atoms with E-state index in [0.717, 1.165) is 32.0 Å². The summed E-state index contributed by atoms with van der Waals surface area (Å²) in [5.74, 6) is -1.07. The van der Waals surface area contributed by atoms with E-state index in [1.807, 2.05) is 0 Å². The standard InChI is InChI=1S/C13H18FNO3/c1-18-11-6-10(16)13(17)9(12(11)14)5-8-3-2-4-15-7-8/h6,8,15-17H,2-5,7H2,1H3. The second-order valence-electron chi connectivity index (χ2n) is 4.66. The van der Waals surface area contributed by atoms with Gasteiger partial charge in [0, 0.05) is 11.6 Å². The molecule has 0 amide bonds. The number of methoxy groups -OCH3 is 1. The Hall–Kier alpha value is -1.49. The van der Waals surface area contributed by atoms with Crippen LogP contribution in [0.3, 0.4) is 0 Å². The molecule has 0 aliphatic carbocycles. The van der Waals surface area contributed by atoms with Gasteiger partial charge in [-0.25, -0.2) is 4.39 Å². The molecule has 1 saturated heterocycles. The van der Waals surface area contributed by atoms with Gasteiger partial charge in [-0.1, -0.05) is 0 Å². The number of hydrogen-bond donors (Lipinski definition) is 3. The highest BCUT2D eigenvalue weighted by Crippen LogP contribution is 2.38. The third-order valence-corrected chi connectivity index (χ3v) is 3.39. The molecule has 1 aliphatic heterocycles. The third-order valence-electron chi connectivity index (χ3n) is 3.39. The number of halogens is 1. The Bertz CT molecular complexity index is 431. The molecule has 1 aromatic rings. The van der Waals surface area contributed by atoms with Crippen LogP contribution >= 0.6 is 0 Å². The number of rotatable bonds is 3. The van der Waals surface area contributed by atoms with E-state index < -0.39 is 5.82 Å². The molecule has 3 N–H and O–H groups in total. The van der Waals surface area contributed by atoms with Crippen molar-refractivity contribution in [3.8, 4) is 17.2 Å². The van der Waals surface area contributed by atoms with E-state index in [1.54, 1.807) is 0 Å². The van der Waals surface area contributed by atoms with Crippen molar-refractivity contribution < 1.29 is 19.3 Å². The second kappa shape index (κ2) is 5.44. The summed E-state index contributed by atoms with van der Waals surface area (Å²) in [6.07, 6.45) is 2.43. The topological polar surface area (TPSA) is 61.7 Å². The van der Waals surface area contributed by atoms with Crippen LogP contribution in [0, 0.1) is 11.7 Å². The van der Waals surface area contributed by atoms with Gasteiger partial charge in [-0.3, -0.25) is 0 Å². The molecule has 0 aromatic heterocycles. The van der Waals surface area contributed by atoms with Gasteiger partial charge >= 0.3 is 0 Å². The van der Waals surface area contributed by atoms with Gasteiger partial charge in [0.05, 0.1) is 7.11 Å². The molecule has 1 fully saturated rings. The number of piperidine rings is 1. The van der Waals surface area contributed by atoms with Crippen LogP contribution in [0.2, 0.25) is 0 Å². The highest BCUT2D eigenvalue weighted by molar-refractivity contribution is 5.51. The number of phenolic OH excluding ortho intramolecular Hbond substituents is 2. The molecule has 1 aliphatic rings. The Morgan fingerprint density at radius 1 is 1.50 bits per heavy atom. The van der Waals surface area contributed by atoms with Gasteiger partial charge in [0.25, 0.3) is 0 Å². The fraction of sp³-hybridized carbons (Fsp3) is 0.538. The second-order valence-corrected chi connectivity index (χ2v) is 4.66. The van der Waals surface area contributed by atoms with E-state index >= 15 is 0 Å². The van der Waals surface area contributed by atoms with E-state index in [9.17, 15) is 14.6 Å². The fourth-order valence-corrected chi connectivity index (χ4v) is 2.38. The molecule has 0 radical (unpaired) electrons. The van der Waals surface area contributed by atoms with Crippen LogP contribution < -0.4 is 10.1 Å². The largest absolute Gasteiger partial charge is 0.504 e. The van der Waals surface area contributed by atoms with Crippen LogP contribution in [0.1, 0.15) is 18.4 Å². The Labute approximate surface area is 105 Å². The predicted molar refractivity (Wildman–Crippen MR) is 65.6 cm³/mol. The minimum atomic E-state index is -0.585. The lowest BCUT2D eigenvalue weighted by atomic mass is 9.91. The maximum Gasteiger partial charge on any atom is 0.172 e. The van der Waals surface area contributed by atoms with Gasteiger partial charge in [-0.2, -0.15) is 0 Å². The molecule has 0 bridgehead atoms. The van der Waals surface area contributed by atoms with Gasteiger partial charge in [0.15, 0.2) is 23.1 Å². The SMILES string of the molecule is COc1cc(O)c(O)c(CC2CCCNC2)c1F. The molecule has 1 aromatic carbocycles. The lowest BCUT2D eigenvalue weighted by molar-refractivity contribution is 0.339. The van der Waals surface area contributed by atoms with Gasteiger partial charge in [-0.05, 0) is 38.3 Å². The minimum absolute atomic E-state index is 0.0379. The summed E-state index contributed by atoms with van der Waals surface area (Å²) in [6, 6.07) is 1.09. The van der Waals surface area contributed by atoms with Crippen LogP contribution in [0.4, 0.5) is 4.39 Å². The molecular weight excluding hydrogens is 237 g/mol. The van der Waals surface area contributed by atoms with Crippen molar-refractivity contribution in [1.29, 1.82) is 0 Å². The van der Waals surface area contributed by atoms with E-state index in [-0.39, 0.29) is 28.7 Å². The van der Waals surface area contributed by atoms with E-state index in [2.05, 4.69) is 5.32 Å². The molecule has 100 valence electrons. The van der Waals surface area contributed by atoms with Crippen LogP contribution in [-0.4, -0.2) is 30.4 Å². The number of nitrogens with one attached hydrogen (secondary N) is 1. The Balaban J connectivity index is 2.27. The number of benzene rings is 1. The number of hydrogen-bond acceptors (Lipinski definition) is 4. The Morgan fingerprint density at radius 3 is 2.89 bits per heavy atom. The van der Waals surface area contributed by atoms with E-state index in [0.29, 0.717) is 6.42 Å². The Morgan fingerprint density at radius 2 is 2.28 bits per heavy atom. The van der Waals surface area contributed by atoms with Crippen molar-refractivity contribution in [2.45, 2.75) is 19.3 Å². The normalized spacial score (nSPS) is 19.8. The van der Waals surface area contributed by atoms with Gasteiger partial charge < -0.3 is 20.3 Å². The summed E-state index contributed by atoms with van der Waals surface area (Å²) in [5.41, 5.74) is 0.139. The van der Waals surface area contributed by atoms with Crippen molar-refractivity contribution in [2.75, 3.05) is 20.2 Å². The zero-order valence-corrected chi connectivity index (χ0v) is 10.4. The first kappa shape index (κ1) is 13.0. The molecule has 18 heavy (non-hydrogen) atoms. The molecule has 5 heteroatoms. The monoisotopic (exact) mass is 255 g/mol. The summed E-state index contributed by atoms with van der Waals surface area (Å²) in [6.45, 7) is 1.78. The zero-order chi connectivity index (χ0) is 13.1. The van der Waals surface area contributed by atoms with Gasteiger partial charge in [0.2, 0.25) is 0 Å². The van der Waals surface area contributed by atoms with Crippen LogP contribution in [0.5, 0.6) is 17.2 Å². The van der Waals surface area contributed by atoms with Crippen molar-refractivity contribution in [1.82, 2.24) is 5.32 Å². The third kappa shape index (κ3) is 2.51. The summed E-state index contributed by atoms with van der Waals surface area (Å²) in [4.78, 5) is 0. The summed E-state index contributed by atoms with van der Waals surface area (Å²) < 4.78 is 18.9.